The zero-order chi connectivity index (χ0) is 11.1. The third-order valence-corrected chi connectivity index (χ3v) is 2.91. The van der Waals surface area contributed by atoms with E-state index in [1.54, 1.807) is 0 Å². The zero-order valence-corrected chi connectivity index (χ0v) is 9.46. The molecular weight excluding hydrogens is 192 g/mol. The van der Waals surface area contributed by atoms with Crippen LogP contribution in [-0.2, 0) is 4.79 Å². The number of nitrogens with one attached hydrogen (secondary N) is 2. The fourth-order valence-corrected chi connectivity index (χ4v) is 1.95. The van der Waals surface area contributed by atoms with Crippen molar-refractivity contribution in [1.29, 1.82) is 0 Å². The second kappa shape index (κ2) is 6.80. The fourth-order valence-electron chi connectivity index (χ4n) is 1.95. The first-order chi connectivity index (χ1) is 7.24. The van der Waals surface area contributed by atoms with Crippen LogP contribution in [0.4, 0.5) is 0 Å². The van der Waals surface area contributed by atoms with Gasteiger partial charge in [0.05, 0.1) is 12.6 Å². The Morgan fingerprint density at radius 2 is 2.07 bits per heavy atom. The van der Waals surface area contributed by atoms with E-state index in [1.807, 2.05) is 6.92 Å². The number of aliphatic hydroxyl groups is 1. The summed E-state index contributed by atoms with van der Waals surface area (Å²) in [7, 11) is 0. The van der Waals surface area contributed by atoms with E-state index in [0.717, 1.165) is 12.8 Å². The lowest BCUT2D eigenvalue weighted by atomic mass is 9.95. The highest BCUT2D eigenvalue weighted by molar-refractivity contribution is 5.81. The van der Waals surface area contributed by atoms with E-state index in [9.17, 15) is 4.79 Å². The average molecular weight is 214 g/mol. The summed E-state index contributed by atoms with van der Waals surface area (Å²) in [5, 5.41) is 14.6. The molecular formula is C11H22N2O2. The summed E-state index contributed by atoms with van der Waals surface area (Å²) in [6.45, 7) is 2.37. The molecule has 1 aliphatic rings. The predicted octanol–water partition coefficient (Wildman–Crippen LogP) is 0.406. The molecule has 0 aromatic carbocycles. The average Bonchev–Trinajstić information content (AvgIpc) is 2.27. The smallest absolute Gasteiger partial charge is 0.237 e. The normalized spacial score (nSPS) is 19.9. The molecule has 0 saturated heterocycles. The maximum Gasteiger partial charge on any atom is 0.237 e. The largest absolute Gasteiger partial charge is 0.395 e. The van der Waals surface area contributed by atoms with Gasteiger partial charge in [0.2, 0.25) is 5.91 Å². The Morgan fingerprint density at radius 3 is 2.67 bits per heavy atom. The molecule has 0 aromatic rings. The summed E-state index contributed by atoms with van der Waals surface area (Å²) in [5.41, 5.74) is 0. The van der Waals surface area contributed by atoms with Crippen LogP contribution in [0.15, 0.2) is 0 Å². The predicted molar refractivity (Wildman–Crippen MR) is 59.6 cm³/mol. The number of carbonyl (C=O) groups excluding carboxylic acids is 1. The van der Waals surface area contributed by atoms with Gasteiger partial charge in [-0.25, -0.2) is 0 Å². The maximum atomic E-state index is 11.7. The lowest BCUT2D eigenvalue weighted by molar-refractivity contribution is -0.123. The van der Waals surface area contributed by atoms with Crippen LogP contribution in [0.2, 0.25) is 0 Å². The molecule has 0 radical (unpaired) electrons. The fraction of sp³-hybridized carbons (Fsp3) is 0.909. The molecule has 1 saturated carbocycles. The molecule has 0 spiro atoms. The molecule has 0 aliphatic heterocycles. The number of aliphatic hydroxyl groups excluding tert-OH is 1. The van der Waals surface area contributed by atoms with Crippen LogP contribution in [0.5, 0.6) is 0 Å². The first-order valence-electron chi connectivity index (χ1n) is 5.88. The summed E-state index contributed by atoms with van der Waals surface area (Å²) < 4.78 is 0. The third kappa shape index (κ3) is 4.62. The van der Waals surface area contributed by atoms with Gasteiger partial charge in [0.15, 0.2) is 0 Å². The molecule has 4 nitrogen and oxygen atoms in total. The Balaban J connectivity index is 2.20. The van der Waals surface area contributed by atoms with Crippen LogP contribution in [-0.4, -0.2) is 36.2 Å². The van der Waals surface area contributed by atoms with Gasteiger partial charge >= 0.3 is 0 Å². The van der Waals surface area contributed by atoms with Crippen molar-refractivity contribution < 1.29 is 9.90 Å². The van der Waals surface area contributed by atoms with Gasteiger partial charge in [0.1, 0.15) is 0 Å². The molecule has 0 bridgehead atoms. The van der Waals surface area contributed by atoms with Crippen LogP contribution in [0.25, 0.3) is 0 Å². The minimum atomic E-state index is -0.209. The lowest BCUT2D eigenvalue weighted by Gasteiger charge is -2.24. The number of carbonyl (C=O) groups is 1. The molecule has 88 valence electrons. The maximum absolute atomic E-state index is 11.7. The Kier molecular flexibility index (Phi) is 5.65. The summed E-state index contributed by atoms with van der Waals surface area (Å²) in [6, 6.07) is 0.156. The summed E-state index contributed by atoms with van der Waals surface area (Å²) in [4.78, 5) is 11.7. The van der Waals surface area contributed by atoms with E-state index in [2.05, 4.69) is 10.6 Å². The monoisotopic (exact) mass is 214 g/mol. The molecule has 0 aromatic heterocycles. The topological polar surface area (TPSA) is 61.4 Å². The molecule has 1 unspecified atom stereocenters. The number of hydrogen-bond donors (Lipinski definition) is 3. The Hall–Kier alpha value is -0.610. The SMILES string of the molecule is CC(NCCO)C(=O)NC1CCCCC1. The number of amides is 1. The van der Waals surface area contributed by atoms with E-state index in [4.69, 9.17) is 5.11 Å². The molecule has 3 N–H and O–H groups in total. The van der Waals surface area contributed by atoms with Crippen LogP contribution in [0.3, 0.4) is 0 Å². The molecule has 4 heteroatoms. The van der Waals surface area contributed by atoms with Gasteiger partial charge in [-0.15, -0.1) is 0 Å². The minimum Gasteiger partial charge on any atom is -0.395 e. The van der Waals surface area contributed by atoms with Crippen molar-refractivity contribution in [3.05, 3.63) is 0 Å². The van der Waals surface area contributed by atoms with Crippen molar-refractivity contribution in [3.63, 3.8) is 0 Å². The first-order valence-corrected chi connectivity index (χ1v) is 5.88. The van der Waals surface area contributed by atoms with E-state index >= 15 is 0 Å². The van der Waals surface area contributed by atoms with E-state index < -0.39 is 0 Å². The highest BCUT2D eigenvalue weighted by atomic mass is 16.3. The van der Waals surface area contributed by atoms with E-state index in [0.29, 0.717) is 12.6 Å². The van der Waals surface area contributed by atoms with Gasteiger partial charge in [-0.3, -0.25) is 4.79 Å². The minimum absolute atomic E-state index is 0.0513. The standard InChI is InChI=1S/C11H22N2O2/c1-9(12-7-8-14)11(15)13-10-5-3-2-4-6-10/h9-10,12,14H,2-8H2,1H3,(H,13,15). The Labute approximate surface area is 91.4 Å². The van der Waals surface area contributed by atoms with Gasteiger partial charge in [0, 0.05) is 12.6 Å². The van der Waals surface area contributed by atoms with Crippen molar-refractivity contribution in [2.75, 3.05) is 13.2 Å². The van der Waals surface area contributed by atoms with Crippen molar-refractivity contribution >= 4 is 5.91 Å². The van der Waals surface area contributed by atoms with E-state index in [-0.39, 0.29) is 18.6 Å². The second-order valence-corrected chi connectivity index (χ2v) is 4.24. The molecule has 1 amide bonds. The molecule has 15 heavy (non-hydrogen) atoms. The van der Waals surface area contributed by atoms with Crippen LogP contribution < -0.4 is 10.6 Å². The molecule has 0 heterocycles. The van der Waals surface area contributed by atoms with Gasteiger partial charge in [-0.2, -0.15) is 0 Å². The zero-order valence-electron chi connectivity index (χ0n) is 9.46. The molecule has 1 rings (SSSR count). The van der Waals surface area contributed by atoms with Crippen LogP contribution in [0, 0.1) is 0 Å². The van der Waals surface area contributed by atoms with Gasteiger partial charge in [0.25, 0.3) is 0 Å². The molecule has 1 atom stereocenters. The first kappa shape index (κ1) is 12.5. The van der Waals surface area contributed by atoms with Gasteiger partial charge < -0.3 is 15.7 Å². The van der Waals surface area contributed by atoms with Crippen molar-refractivity contribution in [2.24, 2.45) is 0 Å². The molecule has 1 fully saturated rings. The quantitative estimate of drug-likeness (QED) is 0.621. The van der Waals surface area contributed by atoms with Crippen molar-refractivity contribution in [1.82, 2.24) is 10.6 Å². The van der Waals surface area contributed by atoms with E-state index in [1.165, 1.54) is 19.3 Å². The highest BCUT2D eigenvalue weighted by Gasteiger charge is 2.18. The van der Waals surface area contributed by atoms with Crippen molar-refractivity contribution in [2.45, 2.75) is 51.1 Å². The van der Waals surface area contributed by atoms with Crippen molar-refractivity contribution in [3.8, 4) is 0 Å². The number of hydrogen-bond acceptors (Lipinski definition) is 3. The van der Waals surface area contributed by atoms with Gasteiger partial charge in [-0.1, -0.05) is 19.3 Å². The lowest BCUT2D eigenvalue weighted by Crippen LogP contribution is -2.47. The van der Waals surface area contributed by atoms with Gasteiger partial charge in [-0.05, 0) is 19.8 Å². The summed E-state index contributed by atoms with van der Waals surface area (Å²) in [6.07, 6.45) is 5.97. The summed E-state index contributed by atoms with van der Waals surface area (Å²) >= 11 is 0. The number of rotatable bonds is 5. The van der Waals surface area contributed by atoms with Crippen LogP contribution >= 0.6 is 0 Å². The highest BCUT2D eigenvalue weighted by Crippen LogP contribution is 2.17. The van der Waals surface area contributed by atoms with Crippen LogP contribution in [0.1, 0.15) is 39.0 Å². The third-order valence-electron chi connectivity index (χ3n) is 2.91. The Bertz CT molecular complexity index is 191. The Morgan fingerprint density at radius 1 is 1.40 bits per heavy atom. The molecule has 1 aliphatic carbocycles. The summed E-state index contributed by atoms with van der Waals surface area (Å²) in [5.74, 6) is 0.0513. The second-order valence-electron chi connectivity index (χ2n) is 4.24.